The van der Waals surface area contributed by atoms with E-state index in [4.69, 9.17) is 4.74 Å². The molecule has 0 spiro atoms. The van der Waals surface area contributed by atoms with E-state index in [9.17, 15) is 35.4 Å². The zero-order chi connectivity index (χ0) is 27.6. The van der Waals surface area contributed by atoms with E-state index in [-0.39, 0.29) is 17.8 Å². The van der Waals surface area contributed by atoms with E-state index in [1.807, 2.05) is 0 Å². The Morgan fingerprint density at radius 3 is 2.30 bits per heavy atom. The molecule has 4 aliphatic carbocycles. The lowest BCUT2D eigenvalue weighted by molar-refractivity contribution is -0.312. The van der Waals surface area contributed by atoms with Gasteiger partial charge in [-0.15, -0.1) is 0 Å². The summed E-state index contributed by atoms with van der Waals surface area (Å²) in [4.78, 5) is 12.3. The van der Waals surface area contributed by atoms with Crippen molar-refractivity contribution in [1.29, 1.82) is 0 Å². The molecule has 0 aliphatic heterocycles. The molecule has 4 aliphatic rings. The molecule has 0 radical (unpaired) electrons. The third-order valence-corrected chi connectivity index (χ3v) is 10.9. The highest BCUT2D eigenvalue weighted by molar-refractivity contribution is 5.66. The van der Waals surface area contributed by atoms with Gasteiger partial charge in [-0.2, -0.15) is 0 Å². The van der Waals surface area contributed by atoms with Crippen LogP contribution in [0.15, 0.2) is 11.6 Å². The van der Waals surface area contributed by atoms with E-state index in [1.54, 1.807) is 0 Å². The van der Waals surface area contributed by atoms with Crippen molar-refractivity contribution in [3.8, 4) is 0 Å². The minimum atomic E-state index is -2.12. The van der Waals surface area contributed by atoms with Crippen LogP contribution in [0.5, 0.6) is 0 Å². The molecule has 3 saturated carbocycles. The Morgan fingerprint density at radius 1 is 1.05 bits per heavy atom. The first-order valence-electron chi connectivity index (χ1n) is 14.2. The average molecular weight is 525 g/mol. The first-order chi connectivity index (χ1) is 17.2. The molecule has 212 valence electrons. The van der Waals surface area contributed by atoms with E-state index in [0.717, 1.165) is 32.1 Å². The molecule has 3 fully saturated rings. The summed E-state index contributed by atoms with van der Waals surface area (Å²) >= 11 is 0. The van der Waals surface area contributed by atoms with Gasteiger partial charge < -0.3 is 35.4 Å². The van der Waals surface area contributed by atoms with Gasteiger partial charge in [-0.25, -0.2) is 0 Å². The Balaban J connectivity index is 1.81. The van der Waals surface area contributed by atoms with Crippen LogP contribution in [0, 0.1) is 34.5 Å². The first kappa shape index (κ1) is 29.0. The van der Waals surface area contributed by atoms with Gasteiger partial charge >= 0.3 is 5.97 Å². The Kier molecular flexibility index (Phi) is 7.72. The molecule has 0 saturated heterocycles. The van der Waals surface area contributed by atoms with Gasteiger partial charge in [0.2, 0.25) is 0 Å². The third-order valence-electron chi connectivity index (χ3n) is 10.9. The lowest BCUT2D eigenvalue weighted by atomic mass is 9.42. The maximum absolute atomic E-state index is 12.7. The number of aliphatic hydroxyl groups is 6. The monoisotopic (exact) mass is 524 g/mol. The summed E-state index contributed by atoms with van der Waals surface area (Å²) < 4.78 is 5.82. The molecule has 0 aromatic rings. The van der Waals surface area contributed by atoms with Gasteiger partial charge in [0.1, 0.15) is 23.4 Å². The van der Waals surface area contributed by atoms with Gasteiger partial charge in [-0.05, 0) is 60.3 Å². The molecule has 0 heterocycles. The molecule has 0 amide bonds. The number of hydrogen-bond donors (Lipinski definition) is 6. The van der Waals surface area contributed by atoms with Gasteiger partial charge in [0.15, 0.2) is 0 Å². The van der Waals surface area contributed by atoms with Crippen LogP contribution in [0.4, 0.5) is 0 Å². The fraction of sp³-hybridized carbons (Fsp3) is 0.897. The van der Waals surface area contributed by atoms with E-state index in [1.165, 1.54) is 13.0 Å². The van der Waals surface area contributed by atoms with Gasteiger partial charge in [-0.3, -0.25) is 4.79 Å². The van der Waals surface area contributed by atoms with Crippen LogP contribution in [0.1, 0.15) is 86.0 Å². The van der Waals surface area contributed by atoms with Crippen LogP contribution in [-0.4, -0.2) is 78.8 Å². The quantitative estimate of drug-likeness (QED) is 0.219. The van der Waals surface area contributed by atoms with Crippen molar-refractivity contribution in [2.24, 2.45) is 34.5 Å². The lowest BCUT2D eigenvalue weighted by Crippen LogP contribution is -2.80. The summed E-state index contributed by atoms with van der Waals surface area (Å²) in [6, 6.07) is 0. The van der Waals surface area contributed by atoms with Crippen LogP contribution in [0.3, 0.4) is 0 Å². The van der Waals surface area contributed by atoms with Crippen molar-refractivity contribution >= 4 is 5.97 Å². The first-order valence-corrected chi connectivity index (χ1v) is 14.2. The van der Waals surface area contributed by atoms with E-state index in [0.29, 0.717) is 29.7 Å². The number of esters is 1. The number of carbonyl (C=O) groups is 1. The molecule has 8 heteroatoms. The molecule has 11 unspecified atom stereocenters. The second kappa shape index (κ2) is 9.86. The van der Waals surface area contributed by atoms with Crippen LogP contribution in [0.2, 0.25) is 0 Å². The van der Waals surface area contributed by atoms with Crippen LogP contribution in [-0.2, 0) is 9.53 Å². The third kappa shape index (κ3) is 4.13. The molecule has 8 nitrogen and oxygen atoms in total. The summed E-state index contributed by atoms with van der Waals surface area (Å²) in [5.74, 6) is 0.646. The van der Waals surface area contributed by atoms with Crippen molar-refractivity contribution < 1.29 is 40.2 Å². The number of ether oxygens (including phenoxy) is 1. The maximum Gasteiger partial charge on any atom is 0.303 e. The Labute approximate surface area is 220 Å². The molecule has 0 bridgehead atoms. The van der Waals surface area contributed by atoms with Crippen molar-refractivity contribution in [3.05, 3.63) is 11.6 Å². The highest BCUT2D eigenvalue weighted by atomic mass is 16.6. The topological polar surface area (TPSA) is 148 Å². The SMILES string of the molecule is CC(=O)OC1CC2(C)C(CCC2C(C)CCCC(C)C)C2=CC(O)C3(O)CC(O)C(O)CC3(CO)C21O. The molecule has 37 heavy (non-hydrogen) atoms. The van der Waals surface area contributed by atoms with E-state index in [2.05, 4.69) is 27.7 Å². The lowest BCUT2D eigenvalue weighted by Gasteiger charge is -2.67. The summed E-state index contributed by atoms with van der Waals surface area (Å²) in [7, 11) is 0. The number of carbonyl (C=O) groups excluding carboxylic acids is 1. The number of hydrogen-bond acceptors (Lipinski definition) is 8. The minimum Gasteiger partial charge on any atom is -0.459 e. The maximum atomic E-state index is 12.7. The van der Waals surface area contributed by atoms with Crippen LogP contribution < -0.4 is 0 Å². The van der Waals surface area contributed by atoms with Crippen LogP contribution >= 0.6 is 0 Å². The highest BCUT2D eigenvalue weighted by Gasteiger charge is 2.77. The highest BCUT2D eigenvalue weighted by Crippen LogP contribution is 2.69. The van der Waals surface area contributed by atoms with Gasteiger partial charge in [-0.1, -0.05) is 53.0 Å². The molecule has 6 N–H and O–H groups in total. The van der Waals surface area contributed by atoms with Crippen LogP contribution in [0.25, 0.3) is 0 Å². The van der Waals surface area contributed by atoms with Crippen molar-refractivity contribution in [3.63, 3.8) is 0 Å². The van der Waals surface area contributed by atoms with Crippen molar-refractivity contribution in [2.45, 2.75) is 122 Å². The zero-order valence-corrected chi connectivity index (χ0v) is 23.1. The molecule has 4 rings (SSSR count). The molecule has 0 aromatic carbocycles. The van der Waals surface area contributed by atoms with Gasteiger partial charge in [0, 0.05) is 13.3 Å². The van der Waals surface area contributed by atoms with Crippen molar-refractivity contribution in [2.75, 3.05) is 6.61 Å². The number of rotatable bonds is 7. The molecular weight excluding hydrogens is 476 g/mol. The fourth-order valence-corrected chi connectivity index (χ4v) is 9.05. The zero-order valence-electron chi connectivity index (χ0n) is 23.1. The smallest absolute Gasteiger partial charge is 0.303 e. The second-order valence-electron chi connectivity index (χ2n) is 13.4. The minimum absolute atomic E-state index is 0.145. The summed E-state index contributed by atoms with van der Waals surface area (Å²) in [5.41, 5.74) is -5.80. The fourth-order valence-electron chi connectivity index (χ4n) is 9.05. The number of aliphatic hydroxyl groups excluding tert-OH is 4. The predicted octanol–water partition coefficient (Wildman–Crippen LogP) is 2.07. The summed E-state index contributed by atoms with van der Waals surface area (Å²) in [5, 5.41) is 67.6. The van der Waals surface area contributed by atoms with Crippen molar-refractivity contribution in [1.82, 2.24) is 0 Å². The Hall–Kier alpha value is -1.03. The van der Waals surface area contributed by atoms with Gasteiger partial charge in [0.25, 0.3) is 0 Å². The van der Waals surface area contributed by atoms with E-state index < -0.39 is 60.0 Å². The average Bonchev–Trinajstić information content (AvgIpc) is 3.14. The molecule has 0 aromatic heterocycles. The standard InChI is InChI=1S/C29H48O8/c1-16(2)7-6-8-17(3)19-9-10-20-21-11-24(34)28(35)13-23(33)22(32)12-27(28,15-30)29(21,36)25(37-18(4)31)14-26(19,20)5/h11,16-17,19-20,22-25,30,32-36H,6-10,12-15H2,1-5H3. The Bertz CT molecular complexity index is 904. The molecular formula is C29H48O8. The second-order valence-corrected chi connectivity index (χ2v) is 13.4. The Morgan fingerprint density at radius 2 is 1.70 bits per heavy atom. The van der Waals surface area contributed by atoms with E-state index >= 15 is 0 Å². The predicted molar refractivity (Wildman–Crippen MR) is 137 cm³/mol. The summed E-state index contributed by atoms with van der Waals surface area (Å²) in [6.45, 7) is 9.43. The normalized spacial score (nSPS) is 48.1. The summed E-state index contributed by atoms with van der Waals surface area (Å²) in [6.07, 6.45) is 0.925. The van der Waals surface area contributed by atoms with Gasteiger partial charge in [0.05, 0.1) is 24.2 Å². The largest absolute Gasteiger partial charge is 0.459 e. The molecule has 11 atom stereocenters. The number of fused-ring (bicyclic) bond motifs is 5.